The van der Waals surface area contributed by atoms with E-state index in [-0.39, 0.29) is 0 Å². The topological polar surface area (TPSA) is 0 Å². The lowest BCUT2D eigenvalue weighted by Crippen LogP contribution is -2.17. The first kappa shape index (κ1) is 9.09. The second kappa shape index (κ2) is 4.13. The maximum atomic E-state index is 2.37. The zero-order valence-electron chi connectivity index (χ0n) is 8.27. The highest BCUT2D eigenvalue weighted by atomic mass is 14.3. The molecule has 66 valence electrons. The molecule has 0 nitrogen and oxygen atoms in total. The minimum absolute atomic E-state index is 0.924. The molecular formula is C11H22. The van der Waals surface area contributed by atoms with Crippen molar-refractivity contribution in [2.75, 3.05) is 0 Å². The Bertz CT molecular complexity index is 96.6. The van der Waals surface area contributed by atoms with Crippen LogP contribution in [0.3, 0.4) is 0 Å². The molecule has 0 heteroatoms. The molecule has 0 aromatic heterocycles. The Morgan fingerprint density at radius 2 is 1.64 bits per heavy atom. The Balaban J connectivity index is 2.24. The van der Waals surface area contributed by atoms with Gasteiger partial charge in [0.2, 0.25) is 0 Å². The van der Waals surface area contributed by atoms with Crippen molar-refractivity contribution in [3.8, 4) is 0 Å². The third kappa shape index (κ3) is 2.50. The summed E-state index contributed by atoms with van der Waals surface area (Å²) >= 11 is 0. The largest absolute Gasteiger partial charge is 0.0651 e. The fourth-order valence-corrected chi connectivity index (χ4v) is 2.26. The maximum Gasteiger partial charge on any atom is -0.0391 e. The molecule has 0 spiro atoms. The van der Waals surface area contributed by atoms with Crippen molar-refractivity contribution < 1.29 is 0 Å². The van der Waals surface area contributed by atoms with E-state index in [1.807, 2.05) is 0 Å². The van der Waals surface area contributed by atoms with Gasteiger partial charge in [0.25, 0.3) is 0 Å². The van der Waals surface area contributed by atoms with Crippen LogP contribution in [-0.4, -0.2) is 0 Å². The van der Waals surface area contributed by atoms with Crippen LogP contribution in [0.5, 0.6) is 0 Å². The minimum atomic E-state index is 0.924. The molecule has 0 amide bonds. The molecule has 0 aliphatic heterocycles. The summed E-state index contributed by atoms with van der Waals surface area (Å²) in [5.41, 5.74) is 0. The molecule has 0 saturated heterocycles. The number of rotatable bonds is 2. The Morgan fingerprint density at radius 3 is 2.00 bits per heavy atom. The van der Waals surface area contributed by atoms with Gasteiger partial charge in [0, 0.05) is 0 Å². The molecule has 1 saturated carbocycles. The highest BCUT2D eigenvalue weighted by molar-refractivity contribution is 4.73. The van der Waals surface area contributed by atoms with Crippen LogP contribution in [0.1, 0.15) is 52.9 Å². The van der Waals surface area contributed by atoms with Crippen molar-refractivity contribution in [2.45, 2.75) is 52.9 Å². The molecule has 1 fully saturated rings. The first-order chi connectivity index (χ1) is 5.24. The van der Waals surface area contributed by atoms with E-state index in [9.17, 15) is 0 Å². The standard InChI is InChI=1S/C11H22/c1-4-10-5-7-11(8-6-10)9(2)3/h9-11H,4-8H2,1-3H3/t10-,11-. The molecule has 0 N–H and O–H groups in total. The number of hydrogen-bond donors (Lipinski definition) is 0. The van der Waals surface area contributed by atoms with E-state index in [1.54, 1.807) is 0 Å². The summed E-state index contributed by atoms with van der Waals surface area (Å²) in [6.07, 6.45) is 7.40. The average molecular weight is 154 g/mol. The molecule has 1 aliphatic carbocycles. The van der Waals surface area contributed by atoms with Gasteiger partial charge in [0.05, 0.1) is 0 Å². The summed E-state index contributed by atoms with van der Waals surface area (Å²) in [6, 6.07) is 0. The van der Waals surface area contributed by atoms with Gasteiger partial charge in [-0.2, -0.15) is 0 Å². The lowest BCUT2D eigenvalue weighted by Gasteiger charge is -2.30. The Labute approximate surface area is 71.4 Å². The van der Waals surface area contributed by atoms with E-state index >= 15 is 0 Å². The van der Waals surface area contributed by atoms with Gasteiger partial charge in [-0.3, -0.25) is 0 Å². The Kier molecular flexibility index (Phi) is 3.42. The molecule has 1 aliphatic rings. The Morgan fingerprint density at radius 1 is 1.09 bits per heavy atom. The monoisotopic (exact) mass is 154 g/mol. The van der Waals surface area contributed by atoms with Crippen LogP contribution in [-0.2, 0) is 0 Å². The van der Waals surface area contributed by atoms with Gasteiger partial charge in [-0.15, -0.1) is 0 Å². The first-order valence-corrected chi connectivity index (χ1v) is 5.24. The predicted octanol–water partition coefficient (Wildman–Crippen LogP) is 3.86. The van der Waals surface area contributed by atoms with Crippen molar-refractivity contribution in [3.05, 3.63) is 0 Å². The van der Waals surface area contributed by atoms with Crippen LogP contribution in [0.2, 0.25) is 0 Å². The average Bonchev–Trinajstić information content (AvgIpc) is 2.05. The van der Waals surface area contributed by atoms with E-state index in [4.69, 9.17) is 0 Å². The van der Waals surface area contributed by atoms with Crippen molar-refractivity contribution in [1.82, 2.24) is 0 Å². The first-order valence-electron chi connectivity index (χ1n) is 5.24. The quantitative estimate of drug-likeness (QED) is 0.566. The lowest BCUT2D eigenvalue weighted by atomic mass is 9.76. The SMILES string of the molecule is CC[C@H]1CC[C@H](C(C)C)CC1. The van der Waals surface area contributed by atoms with Crippen molar-refractivity contribution in [3.63, 3.8) is 0 Å². The van der Waals surface area contributed by atoms with Crippen LogP contribution in [0.4, 0.5) is 0 Å². The molecule has 0 atom stereocenters. The summed E-state index contributed by atoms with van der Waals surface area (Å²) < 4.78 is 0. The van der Waals surface area contributed by atoms with E-state index in [0.29, 0.717) is 0 Å². The van der Waals surface area contributed by atoms with Gasteiger partial charge in [0.1, 0.15) is 0 Å². The van der Waals surface area contributed by atoms with Gasteiger partial charge >= 0.3 is 0 Å². The highest BCUT2D eigenvalue weighted by Gasteiger charge is 2.21. The van der Waals surface area contributed by atoms with Crippen LogP contribution >= 0.6 is 0 Å². The molecule has 0 heterocycles. The highest BCUT2D eigenvalue weighted by Crippen LogP contribution is 2.34. The fraction of sp³-hybridized carbons (Fsp3) is 1.00. The third-order valence-electron chi connectivity index (χ3n) is 3.41. The number of hydrogen-bond acceptors (Lipinski definition) is 0. The van der Waals surface area contributed by atoms with Crippen LogP contribution in [0.15, 0.2) is 0 Å². The smallest absolute Gasteiger partial charge is 0.0391 e. The predicted molar refractivity (Wildman–Crippen MR) is 50.6 cm³/mol. The second-order valence-electron chi connectivity index (χ2n) is 4.43. The Hall–Kier alpha value is 0. The van der Waals surface area contributed by atoms with Crippen LogP contribution in [0.25, 0.3) is 0 Å². The summed E-state index contributed by atoms with van der Waals surface area (Å²) in [5.74, 6) is 3.02. The van der Waals surface area contributed by atoms with Crippen LogP contribution in [0, 0.1) is 17.8 Å². The zero-order valence-corrected chi connectivity index (χ0v) is 8.27. The summed E-state index contributed by atoms with van der Waals surface area (Å²) in [6.45, 7) is 7.08. The maximum absolute atomic E-state index is 2.37. The summed E-state index contributed by atoms with van der Waals surface area (Å²) in [7, 11) is 0. The summed E-state index contributed by atoms with van der Waals surface area (Å²) in [5, 5.41) is 0. The van der Waals surface area contributed by atoms with Crippen LogP contribution < -0.4 is 0 Å². The van der Waals surface area contributed by atoms with Crippen molar-refractivity contribution in [2.24, 2.45) is 17.8 Å². The summed E-state index contributed by atoms with van der Waals surface area (Å²) in [4.78, 5) is 0. The molecule has 0 bridgehead atoms. The van der Waals surface area contributed by atoms with Gasteiger partial charge < -0.3 is 0 Å². The molecule has 0 aromatic rings. The molecule has 0 aromatic carbocycles. The van der Waals surface area contributed by atoms with E-state index < -0.39 is 0 Å². The normalized spacial score (nSPS) is 32.7. The van der Waals surface area contributed by atoms with Gasteiger partial charge in [-0.05, 0) is 30.6 Å². The van der Waals surface area contributed by atoms with Crippen molar-refractivity contribution in [1.29, 1.82) is 0 Å². The van der Waals surface area contributed by atoms with Crippen molar-refractivity contribution >= 4 is 0 Å². The molecule has 1 rings (SSSR count). The molecule has 0 radical (unpaired) electrons. The van der Waals surface area contributed by atoms with E-state index in [1.165, 1.54) is 32.1 Å². The fourth-order valence-electron chi connectivity index (χ4n) is 2.26. The zero-order chi connectivity index (χ0) is 8.27. The molecule has 0 unspecified atom stereocenters. The van der Waals surface area contributed by atoms with Gasteiger partial charge in [-0.25, -0.2) is 0 Å². The van der Waals surface area contributed by atoms with Gasteiger partial charge in [-0.1, -0.05) is 40.0 Å². The molecular weight excluding hydrogens is 132 g/mol. The molecule has 11 heavy (non-hydrogen) atoms. The minimum Gasteiger partial charge on any atom is -0.0651 e. The second-order valence-corrected chi connectivity index (χ2v) is 4.43. The van der Waals surface area contributed by atoms with E-state index in [0.717, 1.165) is 17.8 Å². The van der Waals surface area contributed by atoms with Gasteiger partial charge in [0.15, 0.2) is 0 Å². The lowest BCUT2D eigenvalue weighted by molar-refractivity contribution is 0.221. The third-order valence-corrected chi connectivity index (χ3v) is 3.41. The van der Waals surface area contributed by atoms with E-state index in [2.05, 4.69) is 20.8 Å².